The molecule has 2 atom stereocenters. The van der Waals surface area contributed by atoms with Gasteiger partial charge in [-0.2, -0.15) is 0 Å². The number of nitrogens with zero attached hydrogens (tertiary/aromatic N) is 3. The number of aromatic amines is 2. The number of nitrogens with one attached hydrogen (secondary N) is 2. The van der Waals surface area contributed by atoms with Gasteiger partial charge in [0.15, 0.2) is 0 Å². The number of ether oxygens (including phenoxy) is 1. The monoisotopic (exact) mass is 317 g/mol. The fraction of sp³-hybridized carbons (Fsp3) is 0.562. The van der Waals surface area contributed by atoms with Crippen LogP contribution in [0.15, 0.2) is 24.8 Å². The zero-order chi connectivity index (χ0) is 16.4. The van der Waals surface area contributed by atoms with Gasteiger partial charge in [0.05, 0.1) is 6.04 Å². The van der Waals surface area contributed by atoms with E-state index in [1.165, 1.54) is 0 Å². The van der Waals surface area contributed by atoms with Crippen molar-refractivity contribution in [1.29, 1.82) is 0 Å². The van der Waals surface area contributed by atoms with Crippen LogP contribution in [0.3, 0.4) is 0 Å². The van der Waals surface area contributed by atoms with Crippen LogP contribution in [0.1, 0.15) is 57.2 Å². The maximum absolute atomic E-state index is 12.6. The number of hydrogen-bond acceptors (Lipinski definition) is 4. The van der Waals surface area contributed by atoms with Gasteiger partial charge in [-0.25, -0.2) is 14.8 Å². The van der Waals surface area contributed by atoms with Crippen molar-refractivity contribution in [3.05, 3.63) is 36.4 Å². The number of imidazole rings is 2. The van der Waals surface area contributed by atoms with Crippen LogP contribution in [0, 0.1) is 0 Å². The summed E-state index contributed by atoms with van der Waals surface area (Å²) in [6.07, 6.45) is 8.40. The molecule has 2 aromatic heterocycles. The second-order valence-electron chi connectivity index (χ2n) is 6.86. The lowest BCUT2D eigenvalue weighted by atomic mass is 9.90. The summed E-state index contributed by atoms with van der Waals surface area (Å²) in [5, 5.41) is 0. The van der Waals surface area contributed by atoms with Crippen molar-refractivity contribution in [3.63, 3.8) is 0 Å². The summed E-state index contributed by atoms with van der Waals surface area (Å²) in [5.74, 6) is 2.02. The van der Waals surface area contributed by atoms with Crippen LogP contribution in [-0.2, 0) is 4.74 Å². The zero-order valence-corrected chi connectivity index (χ0v) is 13.7. The summed E-state index contributed by atoms with van der Waals surface area (Å²) < 4.78 is 5.55. The predicted octanol–water partition coefficient (Wildman–Crippen LogP) is 2.99. The Bertz CT molecular complexity index is 630. The molecule has 23 heavy (non-hydrogen) atoms. The molecule has 1 aliphatic heterocycles. The van der Waals surface area contributed by atoms with Crippen LogP contribution in [0.2, 0.25) is 0 Å². The van der Waals surface area contributed by atoms with Gasteiger partial charge >= 0.3 is 6.09 Å². The van der Waals surface area contributed by atoms with Crippen LogP contribution in [0.25, 0.3) is 0 Å². The third kappa shape index (κ3) is 3.55. The first-order valence-electron chi connectivity index (χ1n) is 7.92. The molecule has 0 aromatic carbocycles. The number of rotatable bonds is 2. The maximum atomic E-state index is 12.6. The molecule has 0 radical (unpaired) electrons. The minimum Gasteiger partial charge on any atom is -0.444 e. The van der Waals surface area contributed by atoms with E-state index in [0.29, 0.717) is 6.54 Å². The Morgan fingerprint density at radius 1 is 1.22 bits per heavy atom. The molecule has 7 heteroatoms. The number of H-pyrrole nitrogens is 2. The predicted molar refractivity (Wildman–Crippen MR) is 84.8 cm³/mol. The van der Waals surface area contributed by atoms with Gasteiger partial charge in [-0.3, -0.25) is 4.90 Å². The van der Waals surface area contributed by atoms with Crippen molar-refractivity contribution in [2.24, 2.45) is 0 Å². The highest BCUT2D eigenvalue weighted by atomic mass is 16.6. The highest BCUT2D eigenvalue weighted by molar-refractivity contribution is 5.69. The fourth-order valence-corrected chi connectivity index (χ4v) is 2.97. The standard InChI is InChI=1S/C16H23N5O2/c1-16(2,3)23-15(22)21-9-4-11(13-17-5-6-18-13)10-12(21)14-19-7-8-20-14/h5-8,11-12H,4,9-10H2,1-3H3,(H,17,18)(H,19,20). The molecule has 0 spiro atoms. The van der Waals surface area contributed by atoms with Crippen LogP contribution in [0.5, 0.6) is 0 Å². The molecule has 7 nitrogen and oxygen atoms in total. The minimum absolute atomic E-state index is 0.135. The summed E-state index contributed by atoms with van der Waals surface area (Å²) in [5.41, 5.74) is -0.511. The van der Waals surface area contributed by atoms with Gasteiger partial charge in [0, 0.05) is 37.3 Å². The molecule has 1 saturated heterocycles. The van der Waals surface area contributed by atoms with Crippen molar-refractivity contribution < 1.29 is 9.53 Å². The largest absolute Gasteiger partial charge is 0.444 e. The quantitative estimate of drug-likeness (QED) is 0.891. The van der Waals surface area contributed by atoms with Crippen molar-refractivity contribution >= 4 is 6.09 Å². The Morgan fingerprint density at radius 3 is 2.43 bits per heavy atom. The van der Waals surface area contributed by atoms with Crippen LogP contribution in [0.4, 0.5) is 4.79 Å². The average molecular weight is 317 g/mol. The van der Waals surface area contributed by atoms with Gasteiger partial charge in [-0.15, -0.1) is 0 Å². The first-order chi connectivity index (χ1) is 10.9. The van der Waals surface area contributed by atoms with E-state index < -0.39 is 5.60 Å². The molecule has 2 aromatic rings. The SMILES string of the molecule is CC(C)(C)OC(=O)N1CCC(c2ncc[nH]2)CC1c1ncc[nH]1. The van der Waals surface area contributed by atoms with E-state index in [2.05, 4.69) is 19.9 Å². The summed E-state index contributed by atoms with van der Waals surface area (Å²) in [6.45, 7) is 6.25. The molecule has 1 fully saturated rings. The van der Waals surface area contributed by atoms with Crippen molar-refractivity contribution in [1.82, 2.24) is 24.8 Å². The lowest BCUT2D eigenvalue weighted by Crippen LogP contribution is -2.43. The lowest BCUT2D eigenvalue weighted by molar-refractivity contribution is 0.00634. The van der Waals surface area contributed by atoms with Gasteiger partial charge in [0.25, 0.3) is 0 Å². The van der Waals surface area contributed by atoms with Crippen LogP contribution in [-0.4, -0.2) is 43.1 Å². The number of amides is 1. The van der Waals surface area contributed by atoms with Gasteiger partial charge in [0.2, 0.25) is 0 Å². The van der Waals surface area contributed by atoms with E-state index >= 15 is 0 Å². The van der Waals surface area contributed by atoms with E-state index in [4.69, 9.17) is 4.74 Å². The number of carbonyl (C=O) groups excluding carboxylic acids is 1. The highest BCUT2D eigenvalue weighted by Gasteiger charge is 2.37. The van der Waals surface area contributed by atoms with Gasteiger partial charge in [-0.1, -0.05) is 0 Å². The normalized spacial score (nSPS) is 22.1. The van der Waals surface area contributed by atoms with Gasteiger partial charge < -0.3 is 14.7 Å². The molecule has 2 N–H and O–H groups in total. The van der Waals surface area contributed by atoms with Crippen molar-refractivity contribution in [3.8, 4) is 0 Å². The van der Waals surface area contributed by atoms with E-state index in [9.17, 15) is 4.79 Å². The molecule has 1 aliphatic rings. The van der Waals surface area contributed by atoms with E-state index in [1.54, 1.807) is 23.5 Å². The molecule has 0 aliphatic carbocycles. The van der Waals surface area contributed by atoms with Gasteiger partial charge in [0.1, 0.15) is 17.2 Å². The summed E-state index contributed by atoms with van der Waals surface area (Å²) in [6, 6.07) is -0.135. The summed E-state index contributed by atoms with van der Waals surface area (Å²) in [7, 11) is 0. The van der Waals surface area contributed by atoms with Crippen LogP contribution < -0.4 is 0 Å². The third-order valence-corrected chi connectivity index (χ3v) is 3.97. The fourth-order valence-electron chi connectivity index (χ4n) is 2.97. The Labute approximate surface area is 135 Å². The average Bonchev–Trinajstić information content (AvgIpc) is 3.18. The van der Waals surface area contributed by atoms with Crippen LogP contribution >= 0.6 is 0 Å². The Balaban J connectivity index is 1.81. The summed E-state index contributed by atoms with van der Waals surface area (Å²) in [4.78, 5) is 29.3. The molecule has 3 heterocycles. The minimum atomic E-state index is -0.511. The first-order valence-corrected chi connectivity index (χ1v) is 7.92. The number of aromatic nitrogens is 4. The molecule has 1 amide bonds. The Kier molecular flexibility index (Phi) is 4.11. The number of likely N-dealkylation sites (tertiary alicyclic amines) is 1. The second kappa shape index (κ2) is 6.06. The maximum Gasteiger partial charge on any atom is 0.410 e. The molecular formula is C16H23N5O2. The molecule has 124 valence electrons. The number of hydrogen-bond donors (Lipinski definition) is 2. The highest BCUT2D eigenvalue weighted by Crippen LogP contribution is 2.37. The number of carbonyl (C=O) groups is 1. The van der Waals surface area contributed by atoms with Crippen molar-refractivity contribution in [2.75, 3.05) is 6.54 Å². The second-order valence-corrected chi connectivity index (χ2v) is 6.86. The lowest BCUT2D eigenvalue weighted by Gasteiger charge is -2.38. The topological polar surface area (TPSA) is 86.9 Å². The molecule has 3 rings (SSSR count). The smallest absolute Gasteiger partial charge is 0.410 e. The van der Waals surface area contributed by atoms with E-state index in [-0.39, 0.29) is 18.1 Å². The first kappa shape index (κ1) is 15.6. The molecule has 0 bridgehead atoms. The Morgan fingerprint density at radius 2 is 1.87 bits per heavy atom. The third-order valence-electron chi connectivity index (χ3n) is 3.97. The number of piperidine rings is 1. The zero-order valence-electron chi connectivity index (χ0n) is 13.7. The van der Waals surface area contributed by atoms with Crippen molar-refractivity contribution in [2.45, 2.75) is 51.2 Å². The molecular weight excluding hydrogens is 294 g/mol. The van der Waals surface area contributed by atoms with E-state index in [1.807, 2.05) is 27.0 Å². The van der Waals surface area contributed by atoms with Gasteiger partial charge in [-0.05, 0) is 33.6 Å². The Hall–Kier alpha value is -2.31. The molecule has 0 saturated carbocycles. The van der Waals surface area contributed by atoms with E-state index in [0.717, 1.165) is 24.5 Å². The molecule has 2 unspecified atom stereocenters. The summed E-state index contributed by atoms with van der Waals surface area (Å²) >= 11 is 0.